The van der Waals surface area contributed by atoms with E-state index < -0.39 is 0 Å². The minimum absolute atomic E-state index is 0.311. The predicted octanol–water partition coefficient (Wildman–Crippen LogP) is 5.82. The first-order valence-corrected chi connectivity index (χ1v) is 9.36. The van der Waals surface area contributed by atoms with Gasteiger partial charge in [0.2, 0.25) is 0 Å². The summed E-state index contributed by atoms with van der Waals surface area (Å²) in [6.45, 7) is 8.76. The molecule has 4 heteroatoms. The van der Waals surface area contributed by atoms with Crippen molar-refractivity contribution < 1.29 is 13.9 Å². The van der Waals surface area contributed by atoms with Gasteiger partial charge in [-0.15, -0.1) is 0 Å². The molecule has 0 aliphatic heterocycles. The van der Waals surface area contributed by atoms with Crippen LogP contribution in [0.25, 0.3) is 22.1 Å². The zero-order valence-corrected chi connectivity index (χ0v) is 16.4. The highest BCUT2D eigenvalue weighted by atomic mass is 16.5. The van der Waals surface area contributed by atoms with E-state index in [1.807, 2.05) is 63.2 Å². The maximum absolute atomic E-state index is 12.5. The number of hydrogen-bond donors (Lipinski definition) is 0. The number of hydrogen-bond acceptors (Lipinski definition) is 4. The normalized spacial score (nSPS) is 11.6. The van der Waals surface area contributed by atoms with E-state index in [9.17, 15) is 4.79 Å². The van der Waals surface area contributed by atoms with E-state index >= 15 is 0 Å². The lowest BCUT2D eigenvalue weighted by Crippen LogP contribution is -2.22. The fourth-order valence-corrected chi connectivity index (χ4v) is 2.77. The lowest BCUT2D eigenvalue weighted by atomic mass is 10.1. The van der Waals surface area contributed by atoms with Gasteiger partial charge in [0.1, 0.15) is 22.7 Å². The Bertz CT molecular complexity index is 962. The van der Waals surface area contributed by atoms with Gasteiger partial charge in [-0.25, -0.2) is 4.79 Å². The molecule has 0 amide bonds. The summed E-state index contributed by atoms with van der Waals surface area (Å²) in [5.74, 6) is 1.49. The van der Waals surface area contributed by atoms with E-state index in [2.05, 4.69) is 6.92 Å². The van der Waals surface area contributed by atoms with Gasteiger partial charge in [0.05, 0.1) is 12.2 Å². The molecule has 0 spiro atoms. The molecule has 0 saturated heterocycles. The minimum atomic E-state index is -0.366. The Kier molecular flexibility index (Phi) is 5.54. The van der Waals surface area contributed by atoms with Crippen LogP contribution in [0, 0.1) is 0 Å². The van der Waals surface area contributed by atoms with Crippen molar-refractivity contribution in [3.8, 4) is 22.6 Å². The van der Waals surface area contributed by atoms with Crippen LogP contribution >= 0.6 is 0 Å². The summed E-state index contributed by atoms with van der Waals surface area (Å²) < 4.78 is 17.1. The van der Waals surface area contributed by atoms with Crippen LogP contribution in [0.4, 0.5) is 0 Å². The first-order valence-electron chi connectivity index (χ1n) is 9.36. The fraction of sp³-hybridized carbons (Fsp3) is 0.348. The molecule has 0 bridgehead atoms. The molecule has 4 nitrogen and oxygen atoms in total. The molecule has 0 unspecified atom stereocenters. The average molecular weight is 366 g/mol. The van der Waals surface area contributed by atoms with Crippen LogP contribution in [0.1, 0.15) is 40.5 Å². The third-order valence-electron chi connectivity index (χ3n) is 4.06. The molecule has 3 aromatic rings. The number of benzene rings is 2. The lowest BCUT2D eigenvalue weighted by Gasteiger charge is -2.21. The molecule has 3 rings (SSSR count). The van der Waals surface area contributed by atoms with Crippen molar-refractivity contribution in [3.63, 3.8) is 0 Å². The van der Waals surface area contributed by atoms with Gasteiger partial charge in [0.25, 0.3) is 0 Å². The van der Waals surface area contributed by atoms with E-state index in [1.54, 1.807) is 6.07 Å². The number of fused-ring (bicyclic) bond motifs is 1. The van der Waals surface area contributed by atoms with Crippen LogP contribution < -0.4 is 15.1 Å². The summed E-state index contributed by atoms with van der Waals surface area (Å²) in [6, 6.07) is 15.0. The van der Waals surface area contributed by atoms with E-state index in [4.69, 9.17) is 13.9 Å². The SMILES string of the molecule is CCCCOc1ccc(-c2cc3ccc(OC(C)(C)C)cc3oc2=O)cc1. The van der Waals surface area contributed by atoms with Gasteiger partial charge in [-0.2, -0.15) is 0 Å². The Balaban J connectivity index is 1.88. The first-order chi connectivity index (χ1) is 12.9. The Morgan fingerprint density at radius 1 is 0.963 bits per heavy atom. The van der Waals surface area contributed by atoms with Gasteiger partial charge in [-0.3, -0.25) is 0 Å². The molecule has 1 aromatic heterocycles. The van der Waals surface area contributed by atoms with E-state index in [0.29, 0.717) is 23.5 Å². The van der Waals surface area contributed by atoms with E-state index in [-0.39, 0.29) is 11.2 Å². The Hall–Kier alpha value is -2.75. The molecule has 0 radical (unpaired) electrons. The Morgan fingerprint density at radius 3 is 2.33 bits per heavy atom. The zero-order chi connectivity index (χ0) is 19.4. The highest BCUT2D eigenvalue weighted by Crippen LogP contribution is 2.27. The smallest absolute Gasteiger partial charge is 0.344 e. The summed E-state index contributed by atoms with van der Waals surface area (Å²) in [5, 5.41) is 0.856. The van der Waals surface area contributed by atoms with Gasteiger partial charge in [0.15, 0.2) is 0 Å². The fourth-order valence-electron chi connectivity index (χ4n) is 2.77. The standard InChI is InChI=1S/C23H26O4/c1-5-6-13-25-18-10-7-16(8-11-18)20-14-17-9-12-19(27-23(2,3)4)15-21(17)26-22(20)24/h7-12,14-15H,5-6,13H2,1-4H3. The number of rotatable bonds is 6. The highest BCUT2D eigenvalue weighted by Gasteiger charge is 2.13. The van der Waals surface area contributed by atoms with Crippen LogP contribution in [0.15, 0.2) is 57.7 Å². The summed E-state index contributed by atoms with van der Waals surface area (Å²) in [7, 11) is 0. The van der Waals surface area contributed by atoms with Gasteiger partial charge in [0, 0.05) is 11.5 Å². The summed E-state index contributed by atoms with van der Waals surface area (Å²) in [6.07, 6.45) is 2.12. The van der Waals surface area contributed by atoms with Crippen LogP contribution in [0.3, 0.4) is 0 Å². The molecule has 27 heavy (non-hydrogen) atoms. The van der Waals surface area contributed by atoms with Gasteiger partial charge < -0.3 is 13.9 Å². The third-order valence-corrected chi connectivity index (χ3v) is 4.06. The summed E-state index contributed by atoms with van der Waals surface area (Å²) in [5.41, 5.74) is 1.19. The lowest BCUT2D eigenvalue weighted by molar-refractivity contribution is 0.131. The minimum Gasteiger partial charge on any atom is -0.494 e. The molecule has 0 aliphatic carbocycles. The van der Waals surface area contributed by atoms with Crippen molar-refractivity contribution in [2.75, 3.05) is 6.61 Å². The molecule has 0 atom stereocenters. The van der Waals surface area contributed by atoms with Crippen molar-refractivity contribution in [3.05, 3.63) is 59.0 Å². The molecule has 0 N–H and O–H groups in total. The largest absolute Gasteiger partial charge is 0.494 e. The van der Waals surface area contributed by atoms with E-state index in [0.717, 1.165) is 29.5 Å². The van der Waals surface area contributed by atoms with Crippen molar-refractivity contribution in [2.24, 2.45) is 0 Å². The molecule has 0 saturated carbocycles. The van der Waals surface area contributed by atoms with Crippen molar-refractivity contribution in [2.45, 2.75) is 46.1 Å². The quantitative estimate of drug-likeness (QED) is 0.408. The average Bonchev–Trinajstić information content (AvgIpc) is 2.61. The summed E-state index contributed by atoms with van der Waals surface area (Å²) in [4.78, 5) is 12.5. The first kappa shape index (κ1) is 19.0. The molecule has 1 heterocycles. The second kappa shape index (κ2) is 7.87. The number of ether oxygens (including phenoxy) is 2. The molecule has 2 aromatic carbocycles. The molecular weight excluding hydrogens is 340 g/mol. The molecule has 0 aliphatic rings. The monoisotopic (exact) mass is 366 g/mol. The Morgan fingerprint density at radius 2 is 1.67 bits per heavy atom. The zero-order valence-electron chi connectivity index (χ0n) is 16.4. The van der Waals surface area contributed by atoms with Crippen LogP contribution in [-0.4, -0.2) is 12.2 Å². The van der Waals surface area contributed by atoms with Crippen LogP contribution in [-0.2, 0) is 0 Å². The van der Waals surface area contributed by atoms with Gasteiger partial charge in [-0.05, 0) is 63.1 Å². The molecule has 0 fully saturated rings. The Labute approximate surface area is 159 Å². The maximum Gasteiger partial charge on any atom is 0.344 e. The van der Waals surface area contributed by atoms with Crippen molar-refractivity contribution in [1.82, 2.24) is 0 Å². The van der Waals surface area contributed by atoms with Gasteiger partial charge in [-0.1, -0.05) is 25.5 Å². The number of unbranched alkanes of at least 4 members (excludes halogenated alkanes) is 1. The summed E-state index contributed by atoms with van der Waals surface area (Å²) >= 11 is 0. The third kappa shape index (κ3) is 4.91. The van der Waals surface area contributed by atoms with Crippen LogP contribution in [0.5, 0.6) is 11.5 Å². The topological polar surface area (TPSA) is 48.7 Å². The van der Waals surface area contributed by atoms with Crippen LogP contribution in [0.2, 0.25) is 0 Å². The highest BCUT2D eigenvalue weighted by molar-refractivity contribution is 5.82. The molecule has 142 valence electrons. The molecular formula is C23H26O4. The van der Waals surface area contributed by atoms with Gasteiger partial charge >= 0.3 is 5.63 Å². The van der Waals surface area contributed by atoms with E-state index in [1.165, 1.54) is 0 Å². The van der Waals surface area contributed by atoms with Crippen molar-refractivity contribution in [1.29, 1.82) is 0 Å². The second-order valence-electron chi connectivity index (χ2n) is 7.59. The van der Waals surface area contributed by atoms with Crippen molar-refractivity contribution >= 4 is 11.0 Å². The second-order valence-corrected chi connectivity index (χ2v) is 7.59. The maximum atomic E-state index is 12.5. The predicted molar refractivity (Wildman–Crippen MR) is 109 cm³/mol.